The molecule has 3 heterocycles. The average molecular weight is 280 g/mol. The maximum Gasteiger partial charge on any atom is 0.239 e. The van der Waals surface area contributed by atoms with Crippen molar-refractivity contribution in [3.63, 3.8) is 0 Å². The molecule has 2 amide bonds. The van der Waals surface area contributed by atoms with Crippen LogP contribution in [0.2, 0.25) is 0 Å². The standard InChI is InChI=1S/C14H24N4O2/c1-10(17-7-4-15-5-8-17)14(20)18-6-2-3-11-12(18)9-16-13(11)19/h10-12,15H,2-9H2,1H3,(H,16,19). The van der Waals surface area contributed by atoms with E-state index in [2.05, 4.69) is 15.5 Å². The Labute approximate surface area is 119 Å². The third-order valence-electron chi connectivity index (χ3n) is 4.94. The maximum absolute atomic E-state index is 12.8. The summed E-state index contributed by atoms with van der Waals surface area (Å²) in [4.78, 5) is 28.8. The summed E-state index contributed by atoms with van der Waals surface area (Å²) < 4.78 is 0. The molecule has 3 atom stereocenters. The summed E-state index contributed by atoms with van der Waals surface area (Å²) in [5, 5.41) is 6.22. The lowest BCUT2D eigenvalue weighted by molar-refractivity contribution is -0.141. The summed E-state index contributed by atoms with van der Waals surface area (Å²) in [5.41, 5.74) is 0. The Morgan fingerprint density at radius 2 is 2.05 bits per heavy atom. The van der Waals surface area contributed by atoms with Crippen LogP contribution in [0.4, 0.5) is 0 Å². The van der Waals surface area contributed by atoms with E-state index < -0.39 is 0 Å². The predicted molar refractivity (Wildman–Crippen MR) is 75.1 cm³/mol. The zero-order valence-corrected chi connectivity index (χ0v) is 12.1. The highest BCUT2D eigenvalue weighted by molar-refractivity contribution is 5.86. The zero-order valence-electron chi connectivity index (χ0n) is 12.1. The van der Waals surface area contributed by atoms with Crippen molar-refractivity contribution >= 4 is 11.8 Å². The van der Waals surface area contributed by atoms with Crippen molar-refractivity contribution < 1.29 is 9.59 Å². The highest BCUT2D eigenvalue weighted by Gasteiger charge is 2.43. The zero-order chi connectivity index (χ0) is 14.1. The van der Waals surface area contributed by atoms with E-state index in [4.69, 9.17) is 0 Å². The van der Waals surface area contributed by atoms with Crippen molar-refractivity contribution in [2.45, 2.75) is 31.8 Å². The quantitative estimate of drug-likeness (QED) is 0.682. The molecule has 0 aromatic rings. The number of piperazine rings is 1. The molecular weight excluding hydrogens is 256 g/mol. The molecule has 6 nitrogen and oxygen atoms in total. The Bertz CT molecular complexity index is 395. The Morgan fingerprint density at radius 1 is 1.30 bits per heavy atom. The largest absolute Gasteiger partial charge is 0.354 e. The van der Waals surface area contributed by atoms with Crippen LogP contribution in [0, 0.1) is 5.92 Å². The van der Waals surface area contributed by atoms with Crippen molar-refractivity contribution in [1.82, 2.24) is 20.4 Å². The molecule has 3 aliphatic rings. The first kappa shape index (κ1) is 13.8. The van der Waals surface area contributed by atoms with Gasteiger partial charge in [-0.1, -0.05) is 0 Å². The number of amides is 2. The molecule has 0 spiro atoms. The van der Waals surface area contributed by atoms with E-state index in [9.17, 15) is 9.59 Å². The lowest BCUT2D eigenvalue weighted by Crippen LogP contribution is -2.57. The summed E-state index contributed by atoms with van der Waals surface area (Å²) in [6.45, 7) is 7.17. The Balaban J connectivity index is 1.67. The molecule has 0 radical (unpaired) electrons. The van der Waals surface area contributed by atoms with Gasteiger partial charge in [-0.2, -0.15) is 0 Å². The molecular formula is C14H24N4O2. The van der Waals surface area contributed by atoms with Gasteiger partial charge < -0.3 is 15.5 Å². The monoisotopic (exact) mass is 280 g/mol. The number of carbonyl (C=O) groups is 2. The maximum atomic E-state index is 12.8. The second-order valence-electron chi connectivity index (χ2n) is 6.05. The minimum Gasteiger partial charge on any atom is -0.354 e. The van der Waals surface area contributed by atoms with Gasteiger partial charge in [-0.05, 0) is 19.8 Å². The van der Waals surface area contributed by atoms with Gasteiger partial charge in [0.1, 0.15) is 0 Å². The molecule has 3 unspecified atom stereocenters. The minimum absolute atomic E-state index is 0.0166. The topological polar surface area (TPSA) is 64.7 Å². The number of nitrogens with zero attached hydrogens (tertiary/aromatic N) is 2. The van der Waals surface area contributed by atoms with Crippen LogP contribution < -0.4 is 10.6 Å². The van der Waals surface area contributed by atoms with E-state index in [-0.39, 0.29) is 29.8 Å². The Kier molecular flexibility index (Phi) is 3.94. The number of carbonyl (C=O) groups excluding carboxylic acids is 2. The van der Waals surface area contributed by atoms with Crippen LogP contribution in [0.25, 0.3) is 0 Å². The van der Waals surface area contributed by atoms with E-state index in [1.807, 2.05) is 11.8 Å². The van der Waals surface area contributed by atoms with E-state index >= 15 is 0 Å². The molecule has 20 heavy (non-hydrogen) atoms. The molecule has 0 aliphatic carbocycles. The number of nitrogens with one attached hydrogen (secondary N) is 2. The number of hydrogen-bond donors (Lipinski definition) is 2. The lowest BCUT2D eigenvalue weighted by Gasteiger charge is -2.40. The summed E-state index contributed by atoms with van der Waals surface area (Å²) in [6.07, 6.45) is 1.86. The molecule has 3 saturated heterocycles. The van der Waals surface area contributed by atoms with Gasteiger partial charge in [0.25, 0.3) is 0 Å². The summed E-state index contributed by atoms with van der Waals surface area (Å²) in [5.74, 6) is 0.336. The number of piperidine rings is 1. The lowest BCUT2D eigenvalue weighted by atomic mass is 9.91. The van der Waals surface area contributed by atoms with Crippen LogP contribution in [-0.2, 0) is 9.59 Å². The first-order chi connectivity index (χ1) is 9.68. The van der Waals surface area contributed by atoms with Crippen LogP contribution in [0.15, 0.2) is 0 Å². The van der Waals surface area contributed by atoms with Crippen molar-refractivity contribution in [3.05, 3.63) is 0 Å². The van der Waals surface area contributed by atoms with Crippen molar-refractivity contribution in [3.8, 4) is 0 Å². The first-order valence-electron chi connectivity index (χ1n) is 7.71. The van der Waals surface area contributed by atoms with Gasteiger partial charge in [0, 0.05) is 39.3 Å². The summed E-state index contributed by atoms with van der Waals surface area (Å²) >= 11 is 0. The highest BCUT2D eigenvalue weighted by Crippen LogP contribution is 2.28. The normalized spacial score (nSPS) is 32.6. The van der Waals surface area contributed by atoms with Gasteiger partial charge in [-0.25, -0.2) is 0 Å². The number of fused-ring (bicyclic) bond motifs is 1. The number of hydrogen-bond acceptors (Lipinski definition) is 4. The van der Waals surface area contributed by atoms with Gasteiger partial charge in [-0.3, -0.25) is 14.5 Å². The van der Waals surface area contributed by atoms with Crippen molar-refractivity contribution in [2.75, 3.05) is 39.3 Å². The van der Waals surface area contributed by atoms with Gasteiger partial charge in [0.15, 0.2) is 0 Å². The van der Waals surface area contributed by atoms with Gasteiger partial charge in [0.2, 0.25) is 11.8 Å². The molecule has 0 saturated carbocycles. The summed E-state index contributed by atoms with van der Waals surface area (Å²) in [6, 6.07) is 0.000618. The fourth-order valence-electron chi connectivity index (χ4n) is 3.69. The van der Waals surface area contributed by atoms with Crippen molar-refractivity contribution in [2.24, 2.45) is 5.92 Å². The average Bonchev–Trinajstić information content (AvgIpc) is 2.88. The van der Waals surface area contributed by atoms with Crippen LogP contribution in [0.1, 0.15) is 19.8 Å². The molecule has 3 fully saturated rings. The Morgan fingerprint density at radius 3 is 2.80 bits per heavy atom. The smallest absolute Gasteiger partial charge is 0.239 e. The van der Waals surface area contributed by atoms with Gasteiger partial charge >= 0.3 is 0 Å². The fraction of sp³-hybridized carbons (Fsp3) is 0.857. The second kappa shape index (κ2) is 5.69. The summed E-state index contributed by atoms with van der Waals surface area (Å²) in [7, 11) is 0. The molecule has 112 valence electrons. The highest BCUT2D eigenvalue weighted by atomic mass is 16.2. The SMILES string of the molecule is CC(C(=O)N1CCCC2C(=O)NCC21)N1CCNCC1. The third-order valence-corrected chi connectivity index (χ3v) is 4.94. The predicted octanol–water partition coefficient (Wildman–Crippen LogP) is -0.983. The van der Waals surface area contributed by atoms with Gasteiger partial charge in [0.05, 0.1) is 18.0 Å². The minimum atomic E-state index is -0.0773. The van der Waals surface area contributed by atoms with Crippen LogP contribution >= 0.6 is 0 Å². The van der Waals surface area contributed by atoms with E-state index in [0.29, 0.717) is 6.54 Å². The van der Waals surface area contributed by atoms with Crippen LogP contribution in [-0.4, -0.2) is 73.0 Å². The number of rotatable bonds is 2. The van der Waals surface area contributed by atoms with E-state index in [0.717, 1.165) is 45.6 Å². The second-order valence-corrected chi connectivity index (χ2v) is 6.05. The van der Waals surface area contributed by atoms with Crippen LogP contribution in [0.3, 0.4) is 0 Å². The van der Waals surface area contributed by atoms with Crippen LogP contribution in [0.5, 0.6) is 0 Å². The van der Waals surface area contributed by atoms with Crippen molar-refractivity contribution in [1.29, 1.82) is 0 Å². The van der Waals surface area contributed by atoms with E-state index in [1.165, 1.54) is 0 Å². The molecule has 2 N–H and O–H groups in total. The fourth-order valence-corrected chi connectivity index (χ4v) is 3.69. The molecule has 0 aromatic carbocycles. The third kappa shape index (κ3) is 2.42. The molecule has 6 heteroatoms. The molecule has 0 bridgehead atoms. The Hall–Kier alpha value is -1.14. The molecule has 0 aromatic heterocycles. The molecule has 3 aliphatic heterocycles. The first-order valence-corrected chi connectivity index (χ1v) is 7.71. The number of likely N-dealkylation sites (tertiary alicyclic amines) is 1. The molecule has 3 rings (SSSR count). The van der Waals surface area contributed by atoms with E-state index in [1.54, 1.807) is 0 Å². The van der Waals surface area contributed by atoms with Gasteiger partial charge in [-0.15, -0.1) is 0 Å².